The van der Waals surface area contributed by atoms with Crippen molar-refractivity contribution in [2.75, 3.05) is 0 Å². The van der Waals surface area contributed by atoms with E-state index in [9.17, 15) is 14.7 Å². The molecule has 4 nitrogen and oxygen atoms in total. The molecule has 0 aromatic heterocycles. The van der Waals surface area contributed by atoms with Crippen LogP contribution in [0.1, 0.15) is 36.3 Å². The van der Waals surface area contributed by atoms with Crippen molar-refractivity contribution in [3.63, 3.8) is 0 Å². The number of carboxylic acids is 1. The predicted octanol–water partition coefficient (Wildman–Crippen LogP) is 1.83. The Balaban J connectivity index is 2.10. The molecule has 1 atom stereocenters. The van der Waals surface area contributed by atoms with Crippen LogP contribution in [0.5, 0.6) is 0 Å². The Bertz CT molecular complexity index is 466. The van der Waals surface area contributed by atoms with Crippen LogP contribution in [0.15, 0.2) is 24.3 Å². The number of rotatable bonds is 5. The molecule has 0 radical (unpaired) electrons. The quantitative estimate of drug-likeness (QED) is 0.834. The number of carbonyl (C=O) groups is 2. The third kappa shape index (κ3) is 3.09. The Morgan fingerprint density at radius 1 is 1.39 bits per heavy atom. The van der Waals surface area contributed by atoms with Gasteiger partial charge in [-0.3, -0.25) is 9.59 Å². The largest absolute Gasteiger partial charge is 0.481 e. The fourth-order valence-corrected chi connectivity index (χ4v) is 2.01. The fourth-order valence-electron chi connectivity index (χ4n) is 2.01. The zero-order chi connectivity index (χ0) is 13.1. The summed E-state index contributed by atoms with van der Waals surface area (Å²) in [6, 6.07) is 7.57. The van der Waals surface area contributed by atoms with Gasteiger partial charge >= 0.3 is 5.97 Å². The zero-order valence-corrected chi connectivity index (χ0v) is 10.3. The molecule has 0 spiro atoms. The first-order chi connectivity index (χ1) is 8.58. The Morgan fingerprint density at radius 2 is 2.06 bits per heavy atom. The maximum atomic E-state index is 11.7. The molecule has 1 fully saturated rings. The van der Waals surface area contributed by atoms with Crippen molar-refractivity contribution in [1.82, 2.24) is 5.32 Å². The average Bonchev–Trinajstić information content (AvgIpc) is 3.10. The van der Waals surface area contributed by atoms with E-state index in [2.05, 4.69) is 5.32 Å². The second-order valence-corrected chi connectivity index (χ2v) is 4.79. The lowest BCUT2D eigenvalue weighted by molar-refractivity contribution is -0.140. The monoisotopic (exact) mass is 247 g/mol. The van der Waals surface area contributed by atoms with Crippen molar-refractivity contribution in [3.05, 3.63) is 35.4 Å². The third-order valence-electron chi connectivity index (χ3n) is 3.19. The lowest BCUT2D eigenvalue weighted by Gasteiger charge is -2.14. The van der Waals surface area contributed by atoms with E-state index in [-0.39, 0.29) is 18.4 Å². The average molecular weight is 247 g/mol. The van der Waals surface area contributed by atoms with Gasteiger partial charge < -0.3 is 10.4 Å². The molecule has 96 valence electrons. The Kier molecular flexibility index (Phi) is 3.65. The van der Waals surface area contributed by atoms with Crippen molar-refractivity contribution < 1.29 is 14.7 Å². The fraction of sp³-hybridized carbons (Fsp3) is 0.429. The molecule has 1 aromatic carbocycles. The molecule has 1 aliphatic rings. The van der Waals surface area contributed by atoms with Crippen molar-refractivity contribution in [1.29, 1.82) is 0 Å². The highest BCUT2D eigenvalue weighted by Crippen LogP contribution is 2.25. The van der Waals surface area contributed by atoms with Crippen LogP contribution in [-0.2, 0) is 9.59 Å². The maximum absolute atomic E-state index is 11.7. The molecule has 4 heteroatoms. The van der Waals surface area contributed by atoms with E-state index in [0.717, 1.165) is 24.0 Å². The lowest BCUT2D eigenvalue weighted by atomic mass is 9.92. The van der Waals surface area contributed by atoms with Gasteiger partial charge in [0, 0.05) is 12.5 Å². The number of aryl methyl sites for hydroxylation is 1. The van der Waals surface area contributed by atoms with E-state index in [1.165, 1.54) is 0 Å². The minimum Gasteiger partial charge on any atom is -0.481 e. The maximum Gasteiger partial charge on any atom is 0.311 e. The number of aliphatic carboxylic acids is 1. The summed E-state index contributed by atoms with van der Waals surface area (Å²) in [7, 11) is 0. The van der Waals surface area contributed by atoms with Gasteiger partial charge in [-0.2, -0.15) is 0 Å². The van der Waals surface area contributed by atoms with Gasteiger partial charge in [0.1, 0.15) is 0 Å². The number of benzene rings is 1. The highest BCUT2D eigenvalue weighted by Gasteiger charge is 2.28. The first-order valence-electron chi connectivity index (χ1n) is 6.15. The molecule has 2 N–H and O–H groups in total. The lowest BCUT2D eigenvalue weighted by Crippen LogP contribution is -2.29. The van der Waals surface area contributed by atoms with E-state index in [0.29, 0.717) is 0 Å². The zero-order valence-electron chi connectivity index (χ0n) is 10.3. The molecule has 1 aromatic rings. The van der Waals surface area contributed by atoms with Gasteiger partial charge in [-0.1, -0.05) is 24.3 Å². The SMILES string of the molecule is Cc1ccccc1C(CC(=O)NC1CC1)C(=O)O. The molecule has 1 amide bonds. The summed E-state index contributed by atoms with van der Waals surface area (Å²) in [6.07, 6.45) is 2.03. The van der Waals surface area contributed by atoms with Crippen LogP contribution in [-0.4, -0.2) is 23.0 Å². The van der Waals surface area contributed by atoms with Crippen LogP contribution in [0.3, 0.4) is 0 Å². The Morgan fingerprint density at radius 3 is 2.61 bits per heavy atom. The molecular weight excluding hydrogens is 230 g/mol. The van der Waals surface area contributed by atoms with E-state index in [1.54, 1.807) is 12.1 Å². The number of amides is 1. The number of hydrogen-bond donors (Lipinski definition) is 2. The van der Waals surface area contributed by atoms with Crippen LogP contribution in [0.2, 0.25) is 0 Å². The molecule has 2 rings (SSSR count). The van der Waals surface area contributed by atoms with Crippen LogP contribution in [0, 0.1) is 6.92 Å². The van der Waals surface area contributed by atoms with Gasteiger partial charge in [-0.25, -0.2) is 0 Å². The van der Waals surface area contributed by atoms with E-state index in [1.807, 2.05) is 19.1 Å². The van der Waals surface area contributed by atoms with E-state index < -0.39 is 11.9 Å². The predicted molar refractivity (Wildman–Crippen MR) is 67.3 cm³/mol. The summed E-state index contributed by atoms with van der Waals surface area (Å²) in [5, 5.41) is 12.1. The summed E-state index contributed by atoms with van der Waals surface area (Å²) in [6.45, 7) is 1.87. The summed E-state index contributed by atoms with van der Waals surface area (Å²) in [5.74, 6) is -1.88. The summed E-state index contributed by atoms with van der Waals surface area (Å²) >= 11 is 0. The first kappa shape index (κ1) is 12.6. The van der Waals surface area contributed by atoms with E-state index >= 15 is 0 Å². The smallest absolute Gasteiger partial charge is 0.311 e. The summed E-state index contributed by atoms with van der Waals surface area (Å²) in [4.78, 5) is 23.0. The molecular formula is C14H17NO3. The topological polar surface area (TPSA) is 66.4 Å². The molecule has 18 heavy (non-hydrogen) atoms. The van der Waals surface area contributed by atoms with Crippen LogP contribution in [0.25, 0.3) is 0 Å². The molecule has 0 heterocycles. The normalized spacial score (nSPS) is 16.1. The summed E-state index contributed by atoms with van der Waals surface area (Å²) < 4.78 is 0. The van der Waals surface area contributed by atoms with Crippen LogP contribution in [0.4, 0.5) is 0 Å². The minimum atomic E-state index is -0.949. The van der Waals surface area contributed by atoms with Crippen LogP contribution >= 0.6 is 0 Å². The second kappa shape index (κ2) is 5.21. The van der Waals surface area contributed by atoms with Gasteiger partial charge in [0.15, 0.2) is 0 Å². The van der Waals surface area contributed by atoms with Gasteiger partial charge in [0.2, 0.25) is 5.91 Å². The highest BCUT2D eigenvalue weighted by atomic mass is 16.4. The van der Waals surface area contributed by atoms with Crippen molar-refractivity contribution in [2.24, 2.45) is 0 Å². The van der Waals surface area contributed by atoms with Gasteiger partial charge in [0.25, 0.3) is 0 Å². The molecule has 0 bridgehead atoms. The van der Waals surface area contributed by atoms with Crippen molar-refractivity contribution in [2.45, 2.75) is 38.1 Å². The standard InChI is InChI=1S/C14H17NO3/c1-9-4-2-3-5-11(9)12(14(17)18)8-13(16)15-10-6-7-10/h2-5,10,12H,6-8H2,1H3,(H,15,16)(H,17,18). The Hall–Kier alpha value is -1.84. The van der Waals surface area contributed by atoms with Gasteiger partial charge in [-0.05, 0) is 30.9 Å². The molecule has 1 unspecified atom stereocenters. The third-order valence-corrected chi connectivity index (χ3v) is 3.19. The van der Waals surface area contributed by atoms with Crippen molar-refractivity contribution in [3.8, 4) is 0 Å². The molecule has 1 saturated carbocycles. The second-order valence-electron chi connectivity index (χ2n) is 4.79. The van der Waals surface area contributed by atoms with Gasteiger partial charge in [-0.15, -0.1) is 0 Å². The van der Waals surface area contributed by atoms with E-state index in [4.69, 9.17) is 0 Å². The number of nitrogens with one attached hydrogen (secondary N) is 1. The molecule has 0 aliphatic heterocycles. The molecule has 1 aliphatic carbocycles. The molecule has 0 saturated heterocycles. The summed E-state index contributed by atoms with van der Waals surface area (Å²) in [5.41, 5.74) is 1.63. The highest BCUT2D eigenvalue weighted by molar-refractivity contribution is 5.86. The number of hydrogen-bond acceptors (Lipinski definition) is 2. The first-order valence-corrected chi connectivity index (χ1v) is 6.15. The number of carboxylic acid groups (broad SMARTS) is 1. The minimum absolute atomic E-state index is 0.0106. The number of carbonyl (C=O) groups excluding carboxylic acids is 1. The Labute approximate surface area is 106 Å². The van der Waals surface area contributed by atoms with Crippen molar-refractivity contribution >= 4 is 11.9 Å². The van der Waals surface area contributed by atoms with Gasteiger partial charge in [0.05, 0.1) is 5.92 Å². The van der Waals surface area contributed by atoms with Crippen LogP contribution < -0.4 is 5.32 Å².